The summed E-state index contributed by atoms with van der Waals surface area (Å²) in [6, 6.07) is 40.5. The SMILES string of the molecule is Cc1ccc(N(c2ccc(C)cc2)c2ccccc2C(C)(c2ccc(O)cc2)c2ccc(O)cc2)cc1. The normalized spacial score (nSPS) is 11.3. The van der Waals surface area contributed by atoms with Crippen LogP contribution in [0, 0.1) is 13.8 Å². The van der Waals surface area contributed by atoms with Gasteiger partial charge in [-0.25, -0.2) is 0 Å². The lowest BCUT2D eigenvalue weighted by Gasteiger charge is -2.37. The third-order valence-corrected chi connectivity index (χ3v) is 7.16. The van der Waals surface area contributed by atoms with Crippen molar-refractivity contribution in [3.8, 4) is 11.5 Å². The fourth-order valence-electron chi connectivity index (χ4n) is 4.97. The minimum atomic E-state index is -0.578. The van der Waals surface area contributed by atoms with E-state index in [1.165, 1.54) is 11.1 Å². The maximum absolute atomic E-state index is 10.0. The molecule has 3 nitrogen and oxygen atoms in total. The van der Waals surface area contributed by atoms with Crippen molar-refractivity contribution < 1.29 is 10.2 Å². The van der Waals surface area contributed by atoms with Gasteiger partial charge in [0.15, 0.2) is 0 Å². The van der Waals surface area contributed by atoms with Crippen LogP contribution in [0.2, 0.25) is 0 Å². The predicted octanol–water partition coefficient (Wildman–Crippen LogP) is 8.54. The second-order valence-electron chi connectivity index (χ2n) is 9.74. The third kappa shape index (κ3) is 4.68. The van der Waals surface area contributed by atoms with E-state index in [1.807, 2.05) is 24.3 Å². The maximum atomic E-state index is 10.0. The topological polar surface area (TPSA) is 43.7 Å². The zero-order valence-corrected chi connectivity index (χ0v) is 21.4. The lowest BCUT2D eigenvalue weighted by Crippen LogP contribution is -2.28. The Morgan fingerprint density at radius 3 is 1.35 bits per heavy atom. The molecule has 2 N–H and O–H groups in total. The first kappa shape index (κ1) is 24.2. The van der Waals surface area contributed by atoms with E-state index in [0.717, 1.165) is 33.8 Å². The highest BCUT2D eigenvalue weighted by Gasteiger charge is 2.35. The van der Waals surface area contributed by atoms with Crippen LogP contribution in [0.5, 0.6) is 11.5 Å². The molecule has 0 aliphatic rings. The highest BCUT2D eigenvalue weighted by atomic mass is 16.3. The quantitative estimate of drug-likeness (QED) is 0.237. The summed E-state index contributed by atoms with van der Waals surface area (Å²) in [5, 5.41) is 20.1. The summed E-state index contributed by atoms with van der Waals surface area (Å²) >= 11 is 0. The van der Waals surface area contributed by atoms with Crippen molar-refractivity contribution in [1.82, 2.24) is 0 Å². The lowest BCUT2D eigenvalue weighted by atomic mass is 9.70. The van der Waals surface area contributed by atoms with Crippen LogP contribution in [0.15, 0.2) is 121 Å². The van der Waals surface area contributed by atoms with E-state index in [-0.39, 0.29) is 11.5 Å². The lowest BCUT2D eigenvalue weighted by molar-refractivity contribution is 0.474. The van der Waals surface area contributed by atoms with Crippen molar-refractivity contribution in [2.75, 3.05) is 4.90 Å². The molecule has 0 spiro atoms. The summed E-state index contributed by atoms with van der Waals surface area (Å²) in [4.78, 5) is 2.30. The summed E-state index contributed by atoms with van der Waals surface area (Å²) in [7, 11) is 0. The molecule has 0 aliphatic heterocycles. The Labute approximate surface area is 218 Å². The Morgan fingerprint density at radius 2 is 0.919 bits per heavy atom. The molecule has 3 heteroatoms. The summed E-state index contributed by atoms with van der Waals surface area (Å²) in [5.74, 6) is 0.456. The van der Waals surface area contributed by atoms with Crippen LogP contribution in [-0.4, -0.2) is 10.2 Å². The largest absolute Gasteiger partial charge is 0.508 e. The standard InChI is InChI=1S/C34H31NO2/c1-24-8-16-28(17-9-24)35(29-18-10-25(2)11-19-29)33-7-5-4-6-32(33)34(3,26-12-20-30(36)21-13-26)27-14-22-31(37)23-15-27/h4-23,36-37H,1-3H3. The highest BCUT2D eigenvalue weighted by molar-refractivity contribution is 5.80. The van der Waals surface area contributed by atoms with Gasteiger partial charge in [0.05, 0.1) is 5.69 Å². The van der Waals surface area contributed by atoms with Gasteiger partial charge in [0, 0.05) is 16.8 Å². The van der Waals surface area contributed by atoms with Gasteiger partial charge in [0.2, 0.25) is 0 Å². The number of hydrogen-bond acceptors (Lipinski definition) is 3. The van der Waals surface area contributed by atoms with Gasteiger partial charge in [-0.15, -0.1) is 0 Å². The average Bonchev–Trinajstić information content (AvgIpc) is 2.92. The van der Waals surface area contributed by atoms with Crippen LogP contribution in [0.3, 0.4) is 0 Å². The Hall–Kier alpha value is -4.50. The first-order chi connectivity index (χ1) is 17.9. The van der Waals surface area contributed by atoms with Gasteiger partial charge in [-0.2, -0.15) is 0 Å². The van der Waals surface area contributed by atoms with Crippen LogP contribution in [0.1, 0.15) is 34.7 Å². The summed E-state index contributed by atoms with van der Waals surface area (Å²) < 4.78 is 0. The predicted molar refractivity (Wildman–Crippen MR) is 152 cm³/mol. The number of nitrogens with zero attached hydrogens (tertiary/aromatic N) is 1. The molecule has 5 aromatic carbocycles. The van der Waals surface area contributed by atoms with Crippen molar-refractivity contribution in [3.05, 3.63) is 149 Å². The molecular weight excluding hydrogens is 454 g/mol. The first-order valence-electron chi connectivity index (χ1n) is 12.5. The van der Waals surface area contributed by atoms with Crippen LogP contribution in [0.4, 0.5) is 17.1 Å². The molecule has 0 heterocycles. The van der Waals surface area contributed by atoms with Crippen LogP contribution in [0.25, 0.3) is 0 Å². The van der Waals surface area contributed by atoms with Gasteiger partial charge >= 0.3 is 0 Å². The van der Waals surface area contributed by atoms with E-state index < -0.39 is 5.41 Å². The summed E-state index contributed by atoms with van der Waals surface area (Å²) in [5.41, 5.74) is 8.21. The molecule has 0 saturated carbocycles. The molecule has 0 saturated heterocycles. The summed E-state index contributed by atoms with van der Waals surface area (Å²) in [6.45, 7) is 6.40. The van der Waals surface area contributed by atoms with Crippen LogP contribution < -0.4 is 4.90 Å². The van der Waals surface area contributed by atoms with E-state index in [9.17, 15) is 10.2 Å². The van der Waals surface area contributed by atoms with Gasteiger partial charge in [-0.1, -0.05) is 77.9 Å². The number of phenolic OH excluding ortho intramolecular Hbond substituents is 2. The van der Waals surface area contributed by atoms with E-state index >= 15 is 0 Å². The molecule has 0 amide bonds. The minimum absolute atomic E-state index is 0.228. The Kier molecular flexibility index (Phi) is 6.45. The van der Waals surface area contributed by atoms with Crippen molar-refractivity contribution >= 4 is 17.1 Å². The highest BCUT2D eigenvalue weighted by Crippen LogP contribution is 2.47. The Balaban J connectivity index is 1.79. The number of phenols is 2. The summed E-state index contributed by atoms with van der Waals surface area (Å²) in [6.07, 6.45) is 0. The molecule has 0 fully saturated rings. The van der Waals surface area contributed by atoms with Crippen molar-refractivity contribution in [3.63, 3.8) is 0 Å². The molecule has 5 aromatic rings. The molecule has 0 radical (unpaired) electrons. The zero-order chi connectivity index (χ0) is 26.0. The number of anilines is 3. The molecule has 0 aliphatic carbocycles. The Bertz CT molecular complexity index is 1400. The van der Waals surface area contributed by atoms with E-state index in [4.69, 9.17) is 0 Å². The molecule has 5 rings (SSSR count). The monoisotopic (exact) mass is 485 g/mol. The average molecular weight is 486 g/mol. The second kappa shape index (κ2) is 9.87. The molecule has 0 atom stereocenters. The number of benzene rings is 5. The molecular formula is C34H31NO2. The minimum Gasteiger partial charge on any atom is -0.508 e. The van der Waals surface area contributed by atoms with Gasteiger partial charge < -0.3 is 15.1 Å². The fraction of sp³-hybridized carbons (Fsp3) is 0.118. The number of hydrogen-bond donors (Lipinski definition) is 2. The maximum Gasteiger partial charge on any atom is 0.115 e. The number of aryl methyl sites for hydroxylation is 2. The van der Waals surface area contributed by atoms with E-state index in [1.54, 1.807) is 24.3 Å². The second-order valence-corrected chi connectivity index (χ2v) is 9.74. The smallest absolute Gasteiger partial charge is 0.115 e. The fourth-order valence-corrected chi connectivity index (χ4v) is 4.97. The van der Waals surface area contributed by atoms with Crippen LogP contribution in [-0.2, 0) is 5.41 Å². The van der Waals surface area contributed by atoms with E-state index in [0.29, 0.717) is 0 Å². The van der Waals surface area contributed by atoms with Crippen molar-refractivity contribution in [2.45, 2.75) is 26.2 Å². The van der Waals surface area contributed by atoms with E-state index in [2.05, 4.69) is 98.5 Å². The first-order valence-corrected chi connectivity index (χ1v) is 12.5. The Morgan fingerprint density at radius 1 is 0.514 bits per heavy atom. The molecule has 184 valence electrons. The number of rotatable bonds is 6. The molecule has 37 heavy (non-hydrogen) atoms. The van der Waals surface area contributed by atoms with Crippen molar-refractivity contribution in [1.29, 1.82) is 0 Å². The number of para-hydroxylation sites is 1. The third-order valence-electron chi connectivity index (χ3n) is 7.16. The molecule has 0 bridgehead atoms. The van der Waals surface area contributed by atoms with Gasteiger partial charge in [0.1, 0.15) is 11.5 Å². The van der Waals surface area contributed by atoms with Gasteiger partial charge in [0.25, 0.3) is 0 Å². The zero-order valence-electron chi connectivity index (χ0n) is 21.4. The molecule has 0 aromatic heterocycles. The molecule has 0 unspecified atom stereocenters. The van der Waals surface area contributed by atoms with Crippen LogP contribution >= 0.6 is 0 Å². The number of aromatic hydroxyl groups is 2. The van der Waals surface area contributed by atoms with Crippen molar-refractivity contribution in [2.24, 2.45) is 0 Å². The van der Waals surface area contributed by atoms with Gasteiger partial charge in [-0.05, 0) is 92.1 Å². The van der Waals surface area contributed by atoms with Gasteiger partial charge in [-0.3, -0.25) is 0 Å².